The van der Waals surface area contributed by atoms with Gasteiger partial charge in [0.15, 0.2) is 3.77 Å². The molecule has 2 nitrogen and oxygen atoms in total. The summed E-state index contributed by atoms with van der Waals surface area (Å²) in [7, 11) is 0. The number of halogens is 1. The zero-order chi connectivity index (χ0) is 13.8. The molecule has 0 amide bonds. The van der Waals surface area contributed by atoms with Gasteiger partial charge in [0.1, 0.15) is 5.76 Å². The first-order valence-corrected chi connectivity index (χ1v) is 7.53. The van der Waals surface area contributed by atoms with Gasteiger partial charge in [-0.2, -0.15) is 0 Å². The number of anilines is 1. The lowest BCUT2D eigenvalue weighted by atomic mass is 10.1. The van der Waals surface area contributed by atoms with Crippen LogP contribution in [0.25, 0.3) is 11.1 Å². The van der Waals surface area contributed by atoms with Crippen molar-refractivity contribution >= 4 is 28.3 Å². The Hall–Kier alpha value is -1.75. The highest BCUT2D eigenvalue weighted by Crippen LogP contribution is 2.21. The predicted octanol–water partition coefficient (Wildman–Crippen LogP) is 5.16. The van der Waals surface area contributed by atoms with Gasteiger partial charge in [-0.05, 0) is 58.0 Å². The number of benzene rings is 2. The molecule has 0 saturated carbocycles. The molecule has 20 heavy (non-hydrogen) atoms. The smallest absolute Gasteiger partial charge is 0.164 e. The molecule has 1 N–H and O–H groups in total. The van der Waals surface area contributed by atoms with Gasteiger partial charge in [-0.15, -0.1) is 0 Å². The Kier molecular flexibility index (Phi) is 4.06. The van der Waals surface area contributed by atoms with Crippen LogP contribution < -0.4 is 5.32 Å². The van der Waals surface area contributed by atoms with Gasteiger partial charge in [0.25, 0.3) is 0 Å². The van der Waals surface area contributed by atoms with Crippen molar-refractivity contribution in [1.82, 2.24) is 0 Å². The average Bonchev–Trinajstić information content (AvgIpc) is 2.92. The zero-order valence-electron chi connectivity index (χ0n) is 10.8. The average molecular weight is 375 g/mol. The number of rotatable bonds is 4. The van der Waals surface area contributed by atoms with Crippen molar-refractivity contribution in [3.63, 3.8) is 0 Å². The van der Waals surface area contributed by atoms with Gasteiger partial charge < -0.3 is 9.73 Å². The summed E-state index contributed by atoms with van der Waals surface area (Å²) in [5.74, 6) is 0.946. The topological polar surface area (TPSA) is 25.2 Å². The normalized spacial score (nSPS) is 10.4. The van der Waals surface area contributed by atoms with Crippen molar-refractivity contribution in [3.8, 4) is 11.1 Å². The molecule has 0 saturated heterocycles. The molecule has 0 bridgehead atoms. The van der Waals surface area contributed by atoms with Gasteiger partial charge in [-0.3, -0.25) is 0 Å². The van der Waals surface area contributed by atoms with Crippen LogP contribution in [-0.2, 0) is 6.54 Å². The van der Waals surface area contributed by atoms with E-state index in [4.69, 9.17) is 4.42 Å². The van der Waals surface area contributed by atoms with Crippen LogP contribution in [0.15, 0.2) is 71.1 Å². The van der Waals surface area contributed by atoms with Crippen molar-refractivity contribution < 1.29 is 4.42 Å². The highest BCUT2D eigenvalue weighted by Gasteiger charge is 2.00. The monoisotopic (exact) mass is 375 g/mol. The van der Waals surface area contributed by atoms with E-state index in [1.165, 1.54) is 11.1 Å². The van der Waals surface area contributed by atoms with Crippen LogP contribution in [0.1, 0.15) is 5.76 Å². The third-order valence-corrected chi connectivity index (χ3v) is 3.67. The molecule has 3 aromatic rings. The van der Waals surface area contributed by atoms with Gasteiger partial charge in [0.05, 0.1) is 6.54 Å². The maximum absolute atomic E-state index is 5.52. The second-order valence-corrected chi connectivity index (χ2v) is 5.57. The van der Waals surface area contributed by atoms with E-state index < -0.39 is 0 Å². The van der Waals surface area contributed by atoms with E-state index in [2.05, 4.69) is 76.4 Å². The standard InChI is InChI=1S/C17H14INO/c18-17-11-10-16(20-17)12-19-15-8-6-14(7-9-15)13-4-2-1-3-5-13/h1-11,19H,12H2. The van der Waals surface area contributed by atoms with Crippen LogP contribution in [0.2, 0.25) is 0 Å². The van der Waals surface area contributed by atoms with Crippen LogP contribution in [-0.4, -0.2) is 0 Å². The Labute approximate surface area is 132 Å². The quantitative estimate of drug-likeness (QED) is 0.637. The summed E-state index contributed by atoms with van der Waals surface area (Å²) in [5.41, 5.74) is 3.56. The summed E-state index contributed by atoms with van der Waals surface area (Å²) in [6.45, 7) is 0.702. The molecule has 0 fully saturated rings. The third kappa shape index (κ3) is 3.22. The summed E-state index contributed by atoms with van der Waals surface area (Å²) < 4.78 is 6.44. The van der Waals surface area contributed by atoms with E-state index in [0.717, 1.165) is 15.2 Å². The number of nitrogens with one attached hydrogen (secondary N) is 1. The second-order valence-electron chi connectivity index (χ2n) is 4.50. The van der Waals surface area contributed by atoms with Crippen LogP contribution in [0.4, 0.5) is 5.69 Å². The lowest BCUT2D eigenvalue weighted by Crippen LogP contribution is -1.97. The Bertz CT molecular complexity index is 674. The summed E-state index contributed by atoms with van der Waals surface area (Å²) >= 11 is 2.17. The molecular weight excluding hydrogens is 361 g/mol. The number of hydrogen-bond donors (Lipinski definition) is 1. The Morgan fingerprint density at radius 2 is 1.50 bits per heavy atom. The molecule has 0 spiro atoms. The van der Waals surface area contributed by atoms with Gasteiger partial charge in [0, 0.05) is 5.69 Å². The maximum atomic E-state index is 5.52. The fourth-order valence-electron chi connectivity index (χ4n) is 2.05. The fourth-order valence-corrected chi connectivity index (χ4v) is 2.51. The van der Waals surface area contributed by atoms with E-state index in [1.54, 1.807) is 0 Å². The van der Waals surface area contributed by atoms with Crippen molar-refractivity contribution in [2.24, 2.45) is 0 Å². The molecule has 100 valence electrons. The summed E-state index contributed by atoms with van der Waals surface area (Å²) in [5, 5.41) is 3.36. The molecule has 0 radical (unpaired) electrons. The summed E-state index contributed by atoms with van der Waals surface area (Å²) in [6, 6.07) is 22.8. The highest BCUT2D eigenvalue weighted by molar-refractivity contribution is 14.1. The lowest BCUT2D eigenvalue weighted by molar-refractivity contribution is 0.493. The van der Waals surface area contributed by atoms with E-state index in [-0.39, 0.29) is 0 Å². The van der Waals surface area contributed by atoms with Crippen LogP contribution in [0.3, 0.4) is 0 Å². The Morgan fingerprint density at radius 3 is 2.15 bits per heavy atom. The van der Waals surface area contributed by atoms with Crippen molar-refractivity contribution in [2.45, 2.75) is 6.54 Å². The lowest BCUT2D eigenvalue weighted by Gasteiger charge is -2.06. The van der Waals surface area contributed by atoms with Crippen molar-refractivity contribution in [3.05, 3.63) is 76.3 Å². The van der Waals surface area contributed by atoms with Crippen LogP contribution in [0.5, 0.6) is 0 Å². The molecule has 1 aromatic heterocycles. The highest BCUT2D eigenvalue weighted by atomic mass is 127. The van der Waals surface area contributed by atoms with Crippen molar-refractivity contribution in [2.75, 3.05) is 5.32 Å². The Morgan fingerprint density at radius 1 is 0.800 bits per heavy atom. The molecule has 3 heteroatoms. The van der Waals surface area contributed by atoms with Crippen LogP contribution >= 0.6 is 22.6 Å². The first kappa shape index (κ1) is 13.2. The largest absolute Gasteiger partial charge is 0.454 e. The van der Waals surface area contributed by atoms with Crippen LogP contribution in [0, 0.1) is 3.77 Å². The minimum Gasteiger partial charge on any atom is -0.454 e. The molecule has 2 aromatic carbocycles. The fraction of sp³-hybridized carbons (Fsp3) is 0.0588. The Balaban J connectivity index is 1.67. The first-order chi connectivity index (χ1) is 9.81. The van der Waals surface area contributed by atoms with E-state index in [0.29, 0.717) is 6.54 Å². The molecule has 0 aliphatic carbocycles. The molecule has 1 heterocycles. The zero-order valence-corrected chi connectivity index (χ0v) is 13.0. The molecular formula is C17H14INO. The first-order valence-electron chi connectivity index (χ1n) is 6.45. The van der Waals surface area contributed by atoms with Gasteiger partial charge >= 0.3 is 0 Å². The van der Waals surface area contributed by atoms with Gasteiger partial charge in [-0.25, -0.2) is 0 Å². The molecule has 0 aliphatic rings. The summed E-state index contributed by atoms with van der Waals surface area (Å²) in [4.78, 5) is 0. The van der Waals surface area contributed by atoms with E-state index >= 15 is 0 Å². The molecule has 0 unspecified atom stereocenters. The SMILES string of the molecule is Ic1ccc(CNc2ccc(-c3ccccc3)cc2)o1. The molecule has 0 atom stereocenters. The van der Waals surface area contributed by atoms with Gasteiger partial charge in [-0.1, -0.05) is 42.5 Å². The minimum absolute atomic E-state index is 0.702. The van der Waals surface area contributed by atoms with Crippen molar-refractivity contribution in [1.29, 1.82) is 0 Å². The summed E-state index contributed by atoms with van der Waals surface area (Å²) in [6.07, 6.45) is 0. The number of furan rings is 1. The minimum atomic E-state index is 0.702. The maximum Gasteiger partial charge on any atom is 0.164 e. The second kappa shape index (κ2) is 6.13. The third-order valence-electron chi connectivity index (χ3n) is 3.09. The van der Waals surface area contributed by atoms with Gasteiger partial charge in [0.2, 0.25) is 0 Å². The molecule has 3 rings (SSSR count). The number of hydrogen-bond acceptors (Lipinski definition) is 2. The van der Waals surface area contributed by atoms with E-state index in [1.807, 2.05) is 18.2 Å². The predicted molar refractivity (Wildman–Crippen MR) is 90.6 cm³/mol. The molecule has 0 aliphatic heterocycles. The van der Waals surface area contributed by atoms with E-state index in [9.17, 15) is 0 Å².